The van der Waals surface area contributed by atoms with Gasteiger partial charge >= 0.3 is 0 Å². The Bertz CT molecular complexity index is 772. The summed E-state index contributed by atoms with van der Waals surface area (Å²) in [5, 5.41) is 4.15. The first-order valence-electron chi connectivity index (χ1n) is 7.61. The lowest BCUT2D eigenvalue weighted by molar-refractivity contribution is -0.113. The van der Waals surface area contributed by atoms with E-state index in [1.54, 1.807) is 0 Å². The predicted octanol–water partition coefficient (Wildman–Crippen LogP) is 3.86. The summed E-state index contributed by atoms with van der Waals surface area (Å²) in [7, 11) is 0. The van der Waals surface area contributed by atoms with Crippen molar-refractivity contribution in [1.29, 1.82) is 0 Å². The van der Waals surface area contributed by atoms with E-state index in [0.29, 0.717) is 21.3 Å². The molecule has 2 amide bonds. The van der Waals surface area contributed by atoms with Gasteiger partial charge in [-0.05, 0) is 42.5 Å². The zero-order valence-electron chi connectivity index (χ0n) is 12.9. The van der Waals surface area contributed by atoms with Gasteiger partial charge in [0.05, 0.1) is 11.3 Å². The van der Waals surface area contributed by atoms with Gasteiger partial charge in [0.1, 0.15) is 5.00 Å². The Morgan fingerprint density at radius 3 is 2.71 bits per heavy atom. The monoisotopic (exact) mass is 380 g/mol. The Hall–Kier alpha value is -1.50. The second-order valence-corrected chi connectivity index (χ2v) is 8.12. The van der Waals surface area contributed by atoms with Crippen LogP contribution in [0.4, 0.5) is 5.00 Å². The number of halogens is 1. The maximum absolute atomic E-state index is 12.2. The molecule has 4 nitrogen and oxygen atoms in total. The molecule has 24 heavy (non-hydrogen) atoms. The SMILES string of the molecule is NC(=O)c1c(NC(=O)CSCc2ccc(Cl)cc2)sc2c1CCC2. The van der Waals surface area contributed by atoms with Crippen molar-refractivity contribution in [3.63, 3.8) is 0 Å². The van der Waals surface area contributed by atoms with E-state index >= 15 is 0 Å². The van der Waals surface area contributed by atoms with Crippen LogP contribution in [0.2, 0.25) is 5.02 Å². The van der Waals surface area contributed by atoms with E-state index in [-0.39, 0.29) is 5.91 Å². The number of nitrogens with one attached hydrogen (secondary N) is 1. The third kappa shape index (κ3) is 3.94. The van der Waals surface area contributed by atoms with Gasteiger partial charge in [0.25, 0.3) is 5.91 Å². The van der Waals surface area contributed by atoms with Crippen LogP contribution in [0.5, 0.6) is 0 Å². The molecule has 0 radical (unpaired) electrons. The first-order chi connectivity index (χ1) is 11.5. The molecule has 0 spiro atoms. The van der Waals surface area contributed by atoms with Crippen molar-refractivity contribution < 1.29 is 9.59 Å². The third-order valence-corrected chi connectivity index (χ3v) is 6.30. The van der Waals surface area contributed by atoms with E-state index in [9.17, 15) is 9.59 Å². The Balaban J connectivity index is 1.57. The second kappa shape index (κ2) is 7.59. The second-order valence-electron chi connectivity index (χ2n) is 5.59. The number of fused-ring (bicyclic) bond motifs is 1. The quantitative estimate of drug-likeness (QED) is 0.799. The normalized spacial score (nSPS) is 12.9. The molecule has 0 saturated carbocycles. The molecule has 1 aliphatic carbocycles. The average Bonchev–Trinajstić information content (AvgIpc) is 3.09. The van der Waals surface area contributed by atoms with Crippen molar-refractivity contribution >= 4 is 51.5 Å². The first-order valence-corrected chi connectivity index (χ1v) is 9.96. The Labute approximate surface area is 153 Å². The minimum absolute atomic E-state index is 0.114. The van der Waals surface area contributed by atoms with Crippen LogP contribution in [-0.4, -0.2) is 17.6 Å². The number of benzene rings is 1. The highest BCUT2D eigenvalue weighted by atomic mass is 35.5. The van der Waals surface area contributed by atoms with E-state index in [2.05, 4.69) is 5.32 Å². The van der Waals surface area contributed by atoms with Gasteiger partial charge in [0, 0.05) is 15.7 Å². The van der Waals surface area contributed by atoms with Gasteiger partial charge in [-0.3, -0.25) is 9.59 Å². The fourth-order valence-corrected chi connectivity index (χ4v) is 4.98. The number of thiophene rings is 1. The molecule has 1 heterocycles. The molecule has 7 heteroatoms. The lowest BCUT2D eigenvalue weighted by Crippen LogP contribution is -2.19. The van der Waals surface area contributed by atoms with Gasteiger partial charge in [0.2, 0.25) is 5.91 Å². The van der Waals surface area contributed by atoms with Crippen molar-refractivity contribution in [3.05, 3.63) is 50.9 Å². The number of rotatable bonds is 6. The molecule has 0 fully saturated rings. The van der Waals surface area contributed by atoms with Gasteiger partial charge < -0.3 is 11.1 Å². The highest BCUT2D eigenvalue weighted by molar-refractivity contribution is 7.99. The molecule has 0 saturated heterocycles. The Kier molecular flexibility index (Phi) is 5.48. The van der Waals surface area contributed by atoms with Crippen LogP contribution in [0.1, 0.15) is 32.8 Å². The molecule has 126 valence electrons. The maximum Gasteiger partial charge on any atom is 0.251 e. The molecule has 0 atom stereocenters. The summed E-state index contributed by atoms with van der Waals surface area (Å²) in [4.78, 5) is 25.0. The fourth-order valence-electron chi connectivity index (χ4n) is 2.76. The molecule has 0 bridgehead atoms. The highest BCUT2D eigenvalue weighted by Gasteiger charge is 2.25. The zero-order valence-corrected chi connectivity index (χ0v) is 15.3. The number of hydrogen-bond acceptors (Lipinski definition) is 4. The molecule has 0 aliphatic heterocycles. The summed E-state index contributed by atoms with van der Waals surface area (Å²) in [6.45, 7) is 0. The Morgan fingerprint density at radius 2 is 2.00 bits per heavy atom. The lowest BCUT2D eigenvalue weighted by atomic mass is 10.1. The number of primary amides is 1. The van der Waals surface area contributed by atoms with Crippen LogP contribution in [-0.2, 0) is 23.4 Å². The smallest absolute Gasteiger partial charge is 0.251 e. The number of amides is 2. The van der Waals surface area contributed by atoms with E-state index < -0.39 is 5.91 Å². The summed E-state index contributed by atoms with van der Waals surface area (Å²) in [5.41, 5.74) is 8.14. The topological polar surface area (TPSA) is 72.2 Å². The summed E-state index contributed by atoms with van der Waals surface area (Å²) >= 11 is 8.85. The number of thioether (sulfide) groups is 1. The molecule has 1 aromatic carbocycles. The van der Waals surface area contributed by atoms with Crippen molar-refractivity contribution in [2.45, 2.75) is 25.0 Å². The fraction of sp³-hybridized carbons (Fsp3) is 0.294. The average molecular weight is 381 g/mol. The van der Waals surface area contributed by atoms with Crippen LogP contribution in [0.3, 0.4) is 0 Å². The largest absolute Gasteiger partial charge is 0.365 e. The van der Waals surface area contributed by atoms with Gasteiger partial charge in [-0.25, -0.2) is 0 Å². The van der Waals surface area contributed by atoms with E-state index in [1.807, 2.05) is 24.3 Å². The van der Waals surface area contributed by atoms with Crippen molar-refractivity contribution in [3.8, 4) is 0 Å². The van der Waals surface area contributed by atoms with Gasteiger partial charge in [0.15, 0.2) is 0 Å². The summed E-state index contributed by atoms with van der Waals surface area (Å²) < 4.78 is 0. The maximum atomic E-state index is 12.2. The van der Waals surface area contributed by atoms with Crippen LogP contribution in [0, 0.1) is 0 Å². The van der Waals surface area contributed by atoms with Crippen molar-refractivity contribution in [2.24, 2.45) is 5.73 Å². The molecule has 3 N–H and O–H groups in total. The van der Waals surface area contributed by atoms with E-state index in [4.69, 9.17) is 17.3 Å². The van der Waals surface area contributed by atoms with E-state index in [1.165, 1.54) is 28.0 Å². The lowest BCUT2D eigenvalue weighted by Gasteiger charge is -2.06. The minimum Gasteiger partial charge on any atom is -0.365 e. The third-order valence-electron chi connectivity index (χ3n) is 3.84. The molecular formula is C17H17ClN2O2S2. The summed E-state index contributed by atoms with van der Waals surface area (Å²) in [5.74, 6) is 0.479. The number of hydrogen-bond donors (Lipinski definition) is 2. The Morgan fingerprint density at radius 1 is 1.25 bits per heavy atom. The van der Waals surface area contributed by atoms with Crippen molar-refractivity contribution in [1.82, 2.24) is 0 Å². The number of carbonyl (C=O) groups excluding carboxylic acids is 2. The number of aryl methyl sites for hydroxylation is 1. The van der Waals surface area contributed by atoms with Gasteiger partial charge in [-0.1, -0.05) is 23.7 Å². The molecule has 1 aromatic heterocycles. The van der Waals surface area contributed by atoms with Crippen molar-refractivity contribution in [2.75, 3.05) is 11.1 Å². The van der Waals surface area contributed by atoms with Gasteiger partial charge in [-0.2, -0.15) is 0 Å². The molecule has 3 rings (SSSR count). The molecule has 1 aliphatic rings. The van der Waals surface area contributed by atoms with Crippen LogP contribution < -0.4 is 11.1 Å². The molecular weight excluding hydrogens is 364 g/mol. The number of nitrogens with two attached hydrogens (primary N) is 1. The zero-order chi connectivity index (χ0) is 17.1. The summed E-state index contributed by atoms with van der Waals surface area (Å²) in [6.07, 6.45) is 2.87. The van der Waals surface area contributed by atoms with E-state index in [0.717, 1.165) is 36.1 Å². The molecule has 0 unspecified atom stereocenters. The number of carbonyl (C=O) groups is 2. The van der Waals surface area contributed by atoms with Crippen LogP contribution in [0.15, 0.2) is 24.3 Å². The minimum atomic E-state index is -0.460. The van der Waals surface area contributed by atoms with Crippen LogP contribution >= 0.6 is 34.7 Å². The predicted molar refractivity (Wildman–Crippen MR) is 101 cm³/mol. The number of anilines is 1. The van der Waals surface area contributed by atoms with Gasteiger partial charge in [-0.15, -0.1) is 23.1 Å². The molecule has 2 aromatic rings. The highest BCUT2D eigenvalue weighted by Crippen LogP contribution is 2.38. The van der Waals surface area contributed by atoms with Crippen LogP contribution in [0.25, 0.3) is 0 Å². The summed E-state index contributed by atoms with van der Waals surface area (Å²) in [6, 6.07) is 7.57. The first kappa shape index (κ1) is 17.3. The standard InChI is InChI=1S/C17H17ClN2O2S2/c18-11-6-4-10(5-7-11)8-23-9-14(21)20-17-15(16(19)22)12-2-1-3-13(12)24-17/h4-7H,1-3,8-9H2,(H2,19,22)(H,20,21).